The highest BCUT2D eigenvalue weighted by Crippen LogP contribution is 2.25. The molecule has 15 heteroatoms. The second-order valence-corrected chi connectivity index (χ2v) is 9.95. The summed E-state index contributed by atoms with van der Waals surface area (Å²) < 4.78 is 0. The van der Waals surface area contributed by atoms with E-state index in [-0.39, 0.29) is 17.2 Å². The van der Waals surface area contributed by atoms with Gasteiger partial charge in [0.25, 0.3) is 0 Å². The van der Waals surface area contributed by atoms with E-state index in [1.165, 1.54) is 24.8 Å². The number of nitrogens with two attached hydrogens (primary N) is 1. The Hall–Kier alpha value is -2.53. The zero-order valence-electron chi connectivity index (χ0n) is 19.6. The molecule has 0 spiro atoms. The molecule has 2 heterocycles. The van der Waals surface area contributed by atoms with Crippen LogP contribution in [0.25, 0.3) is 0 Å². The fraction of sp³-hybridized carbons (Fsp3) is 0. The maximum atomic E-state index is 6.06. The van der Waals surface area contributed by atoms with E-state index in [0.717, 1.165) is 11.4 Å². The van der Waals surface area contributed by atoms with Gasteiger partial charge in [-0.1, -0.05) is 81.2 Å². The molecule has 2 aromatic heterocycles. The zero-order valence-corrected chi connectivity index (χ0v) is 24.9. The Bertz CT molecular complexity index is 1290. The van der Waals surface area contributed by atoms with Crippen LogP contribution in [0.1, 0.15) is 11.1 Å². The van der Waals surface area contributed by atoms with Crippen molar-refractivity contribution in [1.82, 2.24) is 16.1 Å². The van der Waals surface area contributed by atoms with Crippen LogP contribution in [0.5, 0.6) is 0 Å². The molecule has 0 atom stereocenters. The van der Waals surface area contributed by atoms with Gasteiger partial charge in [-0.25, -0.2) is 0 Å². The van der Waals surface area contributed by atoms with Gasteiger partial charge in [-0.15, -0.1) is 0 Å². The van der Waals surface area contributed by atoms with Gasteiger partial charge in [-0.2, -0.15) is 10.2 Å². The second kappa shape index (κ2) is 15.9. The highest BCUT2D eigenvalue weighted by molar-refractivity contribution is 6.71. The SMILES string of the molecule is Cl/C(=N\Nc1ccc(Cl)cc1)c1c(Cl)cncc1Cl.N.N/C(=N\Nc1ccc(Cl)cc1)c1c(Cl)cncc1Cl. The molecule has 0 bridgehead atoms. The van der Waals surface area contributed by atoms with Crippen molar-refractivity contribution in [1.29, 1.82) is 0 Å². The van der Waals surface area contributed by atoms with Crippen LogP contribution >= 0.6 is 81.2 Å². The minimum absolute atomic E-state index is 0. The van der Waals surface area contributed by atoms with Gasteiger partial charge in [0.05, 0.1) is 42.6 Å². The number of hydrogen-bond acceptors (Lipinski definition) is 7. The van der Waals surface area contributed by atoms with Gasteiger partial charge in [-0.05, 0) is 48.5 Å². The average Bonchev–Trinajstić information content (AvgIpc) is 2.88. The molecule has 8 nitrogen and oxygen atoms in total. The molecule has 0 radical (unpaired) electrons. The van der Waals surface area contributed by atoms with Crippen molar-refractivity contribution in [3.8, 4) is 0 Å². The van der Waals surface area contributed by atoms with Crippen molar-refractivity contribution in [2.45, 2.75) is 0 Å². The Balaban J connectivity index is 0.000000267. The van der Waals surface area contributed by atoms with Crippen molar-refractivity contribution in [3.63, 3.8) is 0 Å². The molecular weight excluding hydrogens is 648 g/mol. The van der Waals surface area contributed by atoms with Crippen molar-refractivity contribution >= 4 is 104 Å². The van der Waals surface area contributed by atoms with E-state index in [1.807, 2.05) is 0 Å². The van der Waals surface area contributed by atoms with E-state index in [2.05, 4.69) is 31.0 Å². The number of hydrogen-bond donors (Lipinski definition) is 4. The number of hydrazone groups is 2. The van der Waals surface area contributed by atoms with Crippen molar-refractivity contribution in [2.24, 2.45) is 15.9 Å². The van der Waals surface area contributed by atoms with Gasteiger partial charge < -0.3 is 11.9 Å². The van der Waals surface area contributed by atoms with Crippen molar-refractivity contribution in [2.75, 3.05) is 10.9 Å². The van der Waals surface area contributed by atoms with Crippen LogP contribution in [0.15, 0.2) is 83.5 Å². The first-order chi connectivity index (χ1) is 18.2. The van der Waals surface area contributed by atoms with Crippen molar-refractivity contribution < 1.29 is 0 Å². The number of halogens is 7. The predicted molar refractivity (Wildman–Crippen MR) is 167 cm³/mol. The van der Waals surface area contributed by atoms with Crippen LogP contribution in [0, 0.1) is 0 Å². The number of nitrogens with zero attached hydrogens (tertiary/aromatic N) is 4. The number of pyridine rings is 2. The van der Waals surface area contributed by atoms with Gasteiger partial charge in [0.2, 0.25) is 0 Å². The molecule has 0 fully saturated rings. The number of aromatic nitrogens is 2. The monoisotopic (exact) mass is 664 g/mol. The lowest BCUT2D eigenvalue weighted by Crippen LogP contribution is -2.16. The van der Waals surface area contributed by atoms with E-state index in [0.29, 0.717) is 41.3 Å². The molecule has 39 heavy (non-hydrogen) atoms. The van der Waals surface area contributed by atoms with E-state index in [9.17, 15) is 0 Å². The third-order valence-corrected chi connectivity index (χ3v) is 6.37. The maximum absolute atomic E-state index is 6.06. The summed E-state index contributed by atoms with van der Waals surface area (Å²) in [5, 5.41) is 10.8. The lowest BCUT2D eigenvalue weighted by atomic mass is 10.2. The van der Waals surface area contributed by atoms with Gasteiger partial charge in [-0.3, -0.25) is 20.8 Å². The molecule has 7 N–H and O–H groups in total. The fourth-order valence-electron chi connectivity index (χ4n) is 2.66. The van der Waals surface area contributed by atoms with Gasteiger partial charge >= 0.3 is 0 Å². The first-order valence-corrected chi connectivity index (χ1v) is 13.0. The molecule has 4 rings (SSSR count). The molecule has 0 saturated heterocycles. The number of anilines is 2. The van der Waals surface area contributed by atoms with Crippen LogP contribution < -0.4 is 22.7 Å². The molecular formula is C24H19Cl7N8. The molecule has 4 aromatic rings. The topological polar surface area (TPSA) is 136 Å². The summed E-state index contributed by atoms with van der Waals surface area (Å²) in [5.41, 5.74) is 13.8. The highest BCUT2D eigenvalue weighted by Gasteiger charge is 2.12. The molecule has 2 aromatic carbocycles. The molecule has 204 valence electrons. The van der Waals surface area contributed by atoms with E-state index in [4.69, 9.17) is 86.9 Å². The van der Waals surface area contributed by atoms with E-state index >= 15 is 0 Å². The Labute approximate surface area is 259 Å². The summed E-state index contributed by atoms with van der Waals surface area (Å²) in [6.07, 6.45) is 5.80. The molecule has 0 amide bonds. The molecule has 0 aliphatic rings. The predicted octanol–water partition coefficient (Wildman–Crippen LogP) is 8.99. The van der Waals surface area contributed by atoms with Crippen LogP contribution in [-0.4, -0.2) is 21.0 Å². The molecule has 0 aliphatic carbocycles. The first-order valence-electron chi connectivity index (χ1n) is 10.3. The lowest BCUT2D eigenvalue weighted by Gasteiger charge is -2.06. The van der Waals surface area contributed by atoms with Crippen LogP contribution in [0.4, 0.5) is 11.4 Å². The first kappa shape index (κ1) is 32.7. The quantitative estimate of drug-likeness (QED) is 0.0921. The van der Waals surface area contributed by atoms with Crippen LogP contribution in [0.3, 0.4) is 0 Å². The Kier molecular flexibility index (Phi) is 13.3. The van der Waals surface area contributed by atoms with Gasteiger partial charge in [0.15, 0.2) is 11.0 Å². The van der Waals surface area contributed by atoms with Crippen molar-refractivity contribution in [3.05, 3.63) is 115 Å². The normalized spacial score (nSPS) is 11.2. The smallest absolute Gasteiger partial charge is 0.159 e. The average molecular weight is 668 g/mol. The summed E-state index contributed by atoms with van der Waals surface area (Å²) >= 11 is 41.5. The van der Waals surface area contributed by atoms with Gasteiger partial charge in [0.1, 0.15) is 0 Å². The third kappa shape index (κ3) is 9.86. The number of rotatable bonds is 6. The Morgan fingerprint density at radius 3 is 1.36 bits per heavy atom. The summed E-state index contributed by atoms with van der Waals surface area (Å²) in [7, 11) is 0. The zero-order chi connectivity index (χ0) is 27.7. The summed E-state index contributed by atoms with van der Waals surface area (Å²) in [6, 6.07) is 14.0. The van der Waals surface area contributed by atoms with E-state index in [1.54, 1.807) is 48.5 Å². The second-order valence-electron chi connectivity index (χ2n) is 7.09. The Morgan fingerprint density at radius 1 is 0.590 bits per heavy atom. The van der Waals surface area contributed by atoms with Crippen LogP contribution in [-0.2, 0) is 0 Å². The fourth-order valence-corrected chi connectivity index (χ4v) is 4.36. The lowest BCUT2D eigenvalue weighted by molar-refractivity contribution is 1.28. The molecule has 0 aliphatic heterocycles. The third-order valence-electron chi connectivity index (χ3n) is 4.45. The highest BCUT2D eigenvalue weighted by atomic mass is 35.5. The molecule has 0 saturated carbocycles. The summed E-state index contributed by atoms with van der Waals surface area (Å²) in [4.78, 5) is 7.69. The number of nitrogens with one attached hydrogen (secondary N) is 2. The van der Waals surface area contributed by atoms with E-state index < -0.39 is 0 Å². The largest absolute Gasteiger partial charge is 0.382 e. The minimum atomic E-state index is 0. The summed E-state index contributed by atoms with van der Waals surface area (Å²) in [6.45, 7) is 0. The van der Waals surface area contributed by atoms with Gasteiger partial charge in [0, 0.05) is 34.8 Å². The number of benzene rings is 2. The number of amidine groups is 1. The maximum Gasteiger partial charge on any atom is 0.159 e. The minimum Gasteiger partial charge on any atom is -0.382 e. The molecule has 0 unspecified atom stereocenters. The van der Waals surface area contributed by atoms with Crippen LogP contribution in [0.2, 0.25) is 30.1 Å². The summed E-state index contributed by atoms with van der Waals surface area (Å²) in [5.74, 6) is 0.173. The Morgan fingerprint density at radius 2 is 0.949 bits per heavy atom. The standard InChI is InChI=1S/C12H7Cl4N3.C12H9Cl3N4.H3N/c2*13-7-1-3-8(4-2-7)18-19-12(16)11-9(14)5-17-6-10(11)15;/h1-6,18H;1-6,18H,(H2,16,19);1H3/b19-12-;;.